The molecule has 0 amide bonds. The lowest BCUT2D eigenvalue weighted by Crippen LogP contribution is -2.32. The number of fused-ring (bicyclic) bond motifs is 1. The summed E-state index contributed by atoms with van der Waals surface area (Å²) in [6.07, 6.45) is 3.95. The first-order chi connectivity index (χ1) is 10.2. The number of hydrogen-bond acceptors (Lipinski definition) is 5. The molecule has 2 aromatic rings. The Kier molecular flexibility index (Phi) is 3.84. The Labute approximate surface area is 124 Å². The molecule has 5 heteroatoms. The van der Waals surface area contributed by atoms with E-state index in [4.69, 9.17) is 15.2 Å². The van der Waals surface area contributed by atoms with Crippen LogP contribution in [-0.4, -0.2) is 30.8 Å². The first-order valence-corrected chi connectivity index (χ1v) is 7.27. The highest BCUT2D eigenvalue weighted by Crippen LogP contribution is 2.32. The molecule has 0 bridgehead atoms. The fourth-order valence-corrected chi connectivity index (χ4v) is 2.81. The number of nitrogen functional groups attached to an aromatic ring is 1. The van der Waals surface area contributed by atoms with Gasteiger partial charge in [-0.3, -0.25) is 4.98 Å². The van der Waals surface area contributed by atoms with Gasteiger partial charge >= 0.3 is 0 Å². The number of pyridine rings is 1. The molecule has 1 aliphatic heterocycles. The topological polar surface area (TPSA) is 69.4 Å². The summed E-state index contributed by atoms with van der Waals surface area (Å²) in [6, 6.07) is 6.20. The average molecular weight is 287 g/mol. The van der Waals surface area contributed by atoms with E-state index in [1.54, 1.807) is 13.3 Å². The standard InChI is InChI=1S/C16H21N3O2/c1-10-7-11(5-6-21-10)19-16-13-8-12(20-2)3-4-15(13)18-9-14(16)17/h3-4,8-11H,5-7,17H2,1-2H3,(H,18,19)/t10-,11?/m0/s1. The fourth-order valence-electron chi connectivity index (χ4n) is 2.81. The van der Waals surface area contributed by atoms with Crippen LogP contribution in [0.5, 0.6) is 5.75 Å². The van der Waals surface area contributed by atoms with E-state index in [9.17, 15) is 0 Å². The maximum atomic E-state index is 6.13. The van der Waals surface area contributed by atoms with Crippen molar-refractivity contribution in [3.8, 4) is 5.75 Å². The van der Waals surface area contributed by atoms with Crippen LogP contribution in [0.1, 0.15) is 19.8 Å². The highest BCUT2D eigenvalue weighted by molar-refractivity contribution is 5.97. The largest absolute Gasteiger partial charge is 0.497 e. The third kappa shape index (κ3) is 2.88. The maximum absolute atomic E-state index is 6.13. The smallest absolute Gasteiger partial charge is 0.119 e. The number of rotatable bonds is 3. The van der Waals surface area contributed by atoms with E-state index in [1.165, 1.54) is 0 Å². The molecule has 21 heavy (non-hydrogen) atoms. The van der Waals surface area contributed by atoms with Gasteiger partial charge in [-0.25, -0.2) is 0 Å². The average Bonchev–Trinajstić information content (AvgIpc) is 2.50. The minimum atomic E-state index is 0.278. The number of methoxy groups -OCH3 is 1. The SMILES string of the molecule is COc1ccc2ncc(N)c(NC3CCO[C@@H](C)C3)c2c1. The van der Waals surface area contributed by atoms with Crippen molar-refractivity contribution in [1.82, 2.24) is 4.98 Å². The summed E-state index contributed by atoms with van der Waals surface area (Å²) in [6.45, 7) is 2.88. The summed E-state index contributed by atoms with van der Waals surface area (Å²) in [7, 11) is 1.66. The van der Waals surface area contributed by atoms with Crippen LogP contribution in [0.25, 0.3) is 10.9 Å². The van der Waals surface area contributed by atoms with Crippen LogP contribution in [-0.2, 0) is 4.74 Å². The number of hydrogen-bond donors (Lipinski definition) is 2. The number of nitrogens with zero attached hydrogens (tertiary/aromatic N) is 1. The minimum Gasteiger partial charge on any atom is -0.497 e. The van der Waals surface area contributed by atoms with Crippen LogP contribution in [0.2, 0.25) is 0 Å². The summed E-state index contributed by atoms with van der Waals surface area (Å²) in [5.74, 6) is 0.804. The summed E-state index contributed by atoms with van der Waals surface area (Å²) < 4.78 is 10.9. The van der Waals surface area contributed by atoms with E-state index in [0.29, 0.717) is 11.7 Å². The van der Waals surface area contributed by atoms with Crippen molar-refractivity contribution in [2.75, 3.05) is 24.8 Å². The molecule has 2 atom stereocenters. The van der Waals surface area contributed by atoms with Crippen molar-refractivity contribution in [2.45, 2.75) is 31.9 Å². The van der Waals surface area contributed by atoms with E-state index >= 15 is 0 Å². The Morgan fingerprint density at radius 2 is 2.29 bits per heavy atom. The zero-order valence-electron chi connectivity index (χ0n) is 12.4. The van der Waals surface area contributed by atoms with Crippen LogP contribution in [0.4, 0.5) is 11.4 Å². The zero-order chi connectivity index (χ0) is 14.8. The molecule has 0 spiro atoms. The molecule has 0 saturated carbocycles. The van der Waals surface area contributed by atoms with Gasteiger partial charge < -0.3 is 20.5 Å². The lowest BCUT2D eigenvalue weighted by Gasteiger charge is -2.29. The van der Waals surface area contributed by atoms with E-state index in [2.05, 4.69) is 17.2 Å². The van der Waals surface area contributed by atoms with E-state index in [0.717, 1.165) is 41.8 Å². The number of nitrogens with two attached hydrogens (primary N) is 1. The molecule has 0 aliphatic carbocycles. The van der Waals surface area contributed by atoms with Gasteiger partial charge in [0.2, 0.25) is 0 Å². The Balaban J connectivity index is 1.97. The normalized spacial score (nSPS) is 22.2. The monoisotopic (exact) mass is 287 g/mol. The predicted molar refractivity (Wildman–Crippen MR) is 84.8 cm³/mol. The van der Waals surface area contributed by atoms with E-state index in [1.807, 2.05) is 18.2 Å². The fraction of sp³-hybridized carbons (Fsp3) is 0.438. The highest BCUT2D eigenvalue weighted by Gasteiger charge is 2.20. The summed E-state index contributed by atoms with van der Waals surface area (Å²) in [4.78, 5) is 4.38. The van der Waals surface area contributed by atoms with Crippen molar-refractivity contribution in [3.05, 3.63) is 24.4 Å². The first-order valence-electron chi connectivity index (χ1n) is 7.27. The number of benzene rings is 1. The summed E-state index contributed by atoms with van der Waals surface area (Å²) >= 11 is 0. The number of nitrogens with one attached hydrogen (secondary N) is 1. The van der Waals surface area contributed by atoms with Gasteiger partial charge in [0.05, 0.1) is 36.3 Å². The Morgan fingerprint density at radius 1 is 1.43 bits per heavy atom. The molecule has 1 unspecified atom stereocenters. The number of anilines is 2. The molecule has 1 aliphatic rings. The van der Waals surface area contributed by atoms with Crippen LogP contribution in [0, 0.1) is 0 Å². The van der Waals surface area contributed by atoms with Gasteiger partial charge in [-0.1, -0.05) is 0 Å². The van der Waals surface area contributed by atoms with Crippen molar-refractivity contribution in [3.63, 3.8) is 0 Å². The van der Waals surface area contributed by atoms with Crippen molar-refractivity contribution in [2.24, 2.45) is 0 Å². The van der Waals surface area contributed by atoms with Crippen molar-refractivity contribution < 1.29 is 9.47 Å². The molecule has 1 aromatic heterocycles. The first kappa shape index (κ1) is 13.9. The predicted octanol–water partition coefficient (Wildman–Crippen LogP) is 2.81. The van der Waals surface area contributed by atoms with Gasteiger partial charge in [0.25, 0.3) is 0 Å². The molecule has 3 rings (SSSR count). The molecule has 112 valence electrons. The van der Waals surface area contributed by atoms with Gasteiger partial charge in [0.15, 0.2) is 0 Å². The van der Waals surface area contributed by atoms with E-state index in [-0.39, 0.29) is 6.10 Å². The van der Waals surface area contributed by atoms with Crippen molar-refractivity contribution in [1.29, 1.82) is 0 Å². The lowest BCUT2D eigenvalue weighted by molar-refractivity contribution is 0.0232. The Bertz CT molecular complexity index is 645. The Morgan fingerprint density at radius 3 is 3.05 bits per heavy atom. The van der Waals surface area contributed by atoms with Crippen LogP contribution >= 0.6 is 0 Å². The number of aromatic nitrogens is 1. The zero-order valence-corrected chi connectivity index (χ0v) is 12.4. The molecule has 0 radical (unpaired) electrons. The van der Waals surface area contributed by atoms with Gasteiger partial charge in [-0.2, -0.15) is 0 Å². The van der Waals surface area contributed by atoms with Crippen LogP contribution in [0.15, 0.2) is 24.4 Å². The van der Waals surface area contributed by atoms with Gasteiger partial charge in [0.1, 0.15) is 5.75 Å². The molecule has 1 saturated heterocycles. The quantitative estimate of drug-likeness (QED) is 0.908. The van der Waals surface area contributed by atoms with Crippen LogP contribution < -0.4 is 15.8 Å². The highest BCUT2D eigenvalue weighted by atomic mass is 16.5. The van der Waals surface area contributed by atoms with Crippen LogP contribution in [0.3, 0.4) is 0 Å². The molecule has 3 N–H and O–H groups in total. The lowest BCUT2D eigenvalue weighted by atomic mass is 10.0. The maximum Gasteiger partial charge on any atom is 0.119 e. The molecular weight excluding hydrogens is 266 g/mol. The number of ether oxygens (including phenoxy) is 2. The van der Waals surface area contributed by atoms with Gasteiger partial charge in [-0.15, -0.1) is 0 Å². The summed E-state index contributed by atoms with van der Waals surface area (Å²) in [5, 5.41) is 4.57. The summed E-state index contributed by atoms with van der Waals surface area (Å²) in [5.41, 5.74) is 8.65. The van der Waals surface area contributed by atoms with Crippen molar-refractivity contribution >= 4 is 22.3 Å². The van der Waals surface area contributed by atoms with E-state index < -0.39 is 0 Å². The molecule has 2 heterocycles. The molecular formula is C16H21N3O2. The second-order valence-corrected chi connectivity index (χ2v) is 5.52. The third-order valence-electron chi connectivity index (χ3n) is 3.94. The third-order valence-corrected chi connectivity index (χ3v) is 3.94. The minimum absolute atomic E-state index is 0.278. The Hall–Kier alpha value is -2.01. The molecule has 1 aromatic carbocycles. The van der Waals surface area contributed by atoms with Gasteiger partial charge in [0, 0.05) is 18.0 Å². The van der Waals surface area contributed by atoms with Gasteiger partial charge in [-0.05, 0) is 38.0 Å². The molecule has 5 nitrogen and oxygen atoms in total. The molecule has 1 fully saturated rings. The second kappa shape index (κ2) is 5.77. The second-order valence-electron chi connectivity index (χ2n) is 5.52.